The topological polar surface area (TPSA) is 86.7 Å². The second-order valence-corrected chi connectivity index (χ2v) is 12.8. The van der Waals surface area contributed by atoms with Crippen molar-refractivity contribution >= 4 is 11.9 Å². The second-order valence-electron chi connectivity index (χ2n) is 12.8. The van der Waals surface area contributed by atoms with Crippen molar-refractivity contribution in [3.8, 4) is 0 Å². The number of piperidine rings is 2. The smallest absolute Gasteiger partial charge is 0.0481 e. The summed E-state index contributed by atoms with van der Waals surface area (Å²) >= 11 is 0. The molecule has 0 aromatic carbocycles. The van der Waals surface area contributed by atoms with E-state index in [9.17, 15) is 19.8 Å². The lowest BCUT2D eigenvalue weighted by Crippen LogP contribution is -2.63. The minimum Gasteiger partial charge on any atom is -0.550 e. The maximum atomic E-state index is 13.2. The van der Waals surface area contributed by atoms with Gasteiger partial charge in [-0.2, -0.15) is 0 Å². The summed E-state index contributed by atoms with van der Waals surface area (Å²) in [6.45, 7) is 13.4. The molecule has 0 aliphatic carbocycles. The van der Waals surface area contributed by atoms with E-state index in [2.05, 4.69) is 65.4 Å². The third-order valence-electron chi connectivity index (χ3n) is 9.78. The first-order valence-electron chi connectivity index (χ1n) is 13.5. The molecule has 6 nitrogen and oxygen atoms in total. The Morgan fingerprint density at radius 1 is 0.794 bits per heavy atom. The SMILES string of the molecule is CC1CC(C(CCCCCCCC(=O)[O-])(C(=O)[O-])C2CC(C)N(C)C(C)(C)C2)CC(C)(C)N1C. The van der Waals surface area contributed by atoms with Crippen LogP contribution in [0.15, 0.2) is 0 Å². The molecule has 0 bridgehead atoms. The van der Waals surface area contributed by atoms with Crippen LogP contribution >= 0.6 is 0 Å². The van der Waals surface area contributed by atoms with Gasteiger partial charge in [0.2, 0.25) is 0 Å². The number of nitrogens with zero attached hydrogens (tertiary/aromatic N) is 2. The number of aliphatic carboxylic acids is 2. The fraction of sp³-hybridized carbons (Fsp3) is 0.929. The van der Waals surface area contributed by atoms with Crippen LogP contribution in [0.5, 0.6) is 0 Å². The van der Waals surface area contributed by atoms with E-state index in [1.165, 1.54) is 0 Å². The Balaban J connectivity index is 2.31. The summed E-state index contributed by atoms with van der Waals surface area (Å²) in [5, 5.41) is 23.9. The van der Waals surface area contributed by atoms with Crippen LogP contribution in [-0.2, 0) is 9.59 Å². The van der Waals surface area contributed by atoms with Crippen LogP contribution in [0, 0.1) is 17.3 Å². The molecule has 2 fully saturated rings. The molecule has 0 N–H and O–H groups in total. The normalized spacial score (nSPS) is 31.6. The lowest BCUT2D eigenvalue weighted by atomic mass is 9.54. The van der Waals surface area contributed by atoms with Crippen LogP contribution in [0.4, 0.5) is 0 Å². The molecule has 2 heterocycles. The Bertz CT molecular complexity index is 669. The molecule has 4 unspecified atom stereocenters. The molecular weight excluding hydrogens is 428 g/mol. The van der Waals surface area contributed by atoms with Gasteiger partial charge in [0.25, 0.3) is 0 Å². The largest absolute Gasteiger partial charge is 0.550 e. The highest BCUT2D eigenvalue weighted by Crippen LogP contribution is 2.55. The van der Waals surface area contributed by atoms with Crippen molar-refractivity contribution in [2.24, 2.45) is 17.3 Å². The van der Waals surface area contributed by atoms with Crippen LogP contribution in [0.2, 0.25) is 0 Å². The van der Waals surface area contributed by atoms with Crippen molar-refractivity contribution < 1.29 is 19.8 Å². The molecule has 198 valence electrons. The summed E-state index contributed by atoms with van der Waals surface area (Å²) in [5.74, 6) is -1.66. The van der Waals surface area contributed by atoms with E-state index in [0.717, 1.165) is 51.4 Å². The van der Waals surface area contributed by atoms with E-state index >= 15 is 0 Å². The minimum atomic E-state index is -0.992. The Morgan fingerprint density at radius 2 is 1.21 bits per heavy atom. The third kappa shape index (κ3) is 6.34. The quantitative estimate of drug-likeness (QED) is 0.424. The zero-order chi connectivity index (χ0) is 25.9. The fourth-order valence-electron chi connectivity index (χ4n) is 7.17. The van der Waals surface area contributed by atoms with Crippen molar-refractivity contribution in [1.29, 1.82) is 0 Å². The maximum Gasteiger partial charge on any atom is 0.0481 e. The molecule has 2 rings (SSSR count). The molecule has 2 aliphatic heterocycles. The second kappa shape index (κ2) is 11.3. The summed E-state index contributed by atoms with van der Waals surface area (Å²) in [5.41, 5.74) is -0.939. The van der Waals surface area contributed by atoms with Gasteiger partial charge < -0.3 is 19.8 Å². The standard InChI is InChI=1S/C28H52N2O4/c1-20-16-22(18-26(3,4)29(20)7)28(25(33)34,15-13-11-9-10-12-14-24(31)32)23-17-21(2)30(8)27(5,6)19-23/h20-23H,9-19H2,1-8H3,(H,31,32)(H,33,34)/p-2. The molecule has 0 radical (unpaired) electrons. The number of carbonyl (C=O) groups is 2. The molecule has 34 heavy (non-hydrogen) atoms. The maximum absolute atomic E-state index is 13.2. The minimum absolute atomic E-state index is 0.0551. The van der Waals surface area contributed by atoms with E-state index in [4.69, 9.17) is 0 Å². The number of unbranched alkanes of at least 4 members (excludes halogenated alkanes) is 4. The van der Waals surface area contributed by atoms with Crippen LogP contribution < -0.4 is 10.2 Å². The highest BCUT2D eigenvalue weighted by atomic mass is 16.4. The van der Waals surface area contributed by atoms with Gasteiger partial charge in [-0.25, -0.2) is 0 Å². The summed E-state index contributed by atoms with van der Waals surface area (Å²) in [7, 11) is 4.32. The molecule has 0 spiro atoms. The van der Waals surface area contributed by atoms with Crippen LogP contribution in [0.3, 0.4) is 0 Å². The van der Waals surface area contributed by atoms with Gasteiger partial charge in [0, 0.05) is 40.5 Å². The van der Waals surface area contributed by atoms with Gasteiger partial charge in [0.15, 0.2) is 0 Å². The number of carbonyl (C=O) groups excluding carboxylic acids is 2. The van der Waals surface area contributed by atoms with Crippen LogP contribution in [0.25, 0.3) is 0 Å². The fourth-order valence-corrected chi connectivity index (χ4v) is 7.17. The molecule has 0 amide bonds. The van der Waals surface area contributed by atoms with Gasteiger partial charge in [0.1, 0.15) is 0 Å². The number of carboxylic acids is 2. The molecule has 0 saturated carbocycles. The number of carboxylic acid groups (broad SMARTS) is 2. The Kier molecular flexibility index (Phi) is 9.65. The first kappa shape index (κ1) is 29.1. The first-order valence-corrected chi connectivity index (χ1v) is 13.5. The number of rotatable bonds is 11. The van der Waals surface area contributed by atoms with Crippen molar-refractivity contribution in [2.75, 3.05) is 14.1 Å². The van der Waals surface area contributed by atoms with Gasteiger partial charge in [-0.05, 0) is 112 Å². The van der Waals surface area contributed by atoms with Crippen molar-refractivity contribution in [3.63, 3.8) is 0 Å². The van der Waals surface area contributed by atoms with Gasteiger partial charge in [0.05, 0.1) is 0 Å². The summed E-state index contributed by atoms with van der Waals surface area (Å²) in [4.78, 5) is 28.7. The zero-order valence-corrected chi connectivity index (χ0v) is 23.1. The Hall–Kier alpha value is -1.14. The molecular formula is C28H50N2O4-2. The third-order valence-corrected chi connectivity index (χ3v) is 9.78. The summed E-state index contributed by atoms with van der Waals surface area (Å²) in [6, 6.07) is 0.655. The average Bonchev–Trinajstić information content (AvgIpc) is 2.71. The molecule has 0 aromatic rings. The van der Waals surface area contributed by atoms with E-state index in [0.29, 0.717) is 24.9 Å². The summed E-state index contributed by atoms with van der Waals surface area (Å²) < 4.78 is 0. The highest BCUT2D eigenvalue weighted by molar-refractivity contribution is 5.73. The molecule has 2 saturated heterocycles. The lowest BCUT2D eigenvalue weighted by molar-refractivity contribution is -0.329. The predicted octanol–water partition coefficient (Wildman–Crippen LogP) is 3.22. The van der Waals surface area contributed by atoms with Crippen molar-refractivity contribution in [2.45, 2.75) is 135 Å². The van der Waals surface area contributed by atoms with E-state index < -0.39 is 17.4 Å². The zero-order valence-electron chi connectivity index (χ0n) is 23.1. The van der Waals surface area contributed by atoms with Crippen LogP contribution in [0.1, 0.15) is 112 Å². The molecule has 0 aromatic heterocycles. The lowest BCUT2D eigenvalue weighted by Gasteiger charge is -2.59. The van der Waals surface area contributed by atoms with E-state index in [1.807, 2.05) is 0 Å². The van der Waals surface area contributed by atoms with Crippen molar-refractivity contribution in [1.82, 2.24) is 9.80 Å². The average molecular weight is 479 g/mol. The molecule has 4 atom stereocenters. The van der Waals surface area contributed by atoms with Gasteiger partial charge >= 0.3 is 0 Å². The van der Waals surface area contributed by atoms with Crippen LogP contribution in [-0.4, -0.2) is 59.0 Å². The first-order chi connectivity index (χ1) is 15.6. The molecule has 6 heteroatoms. The van der Waals surface area contributed by atoms with Gasteiger partial charge in [-0.1, -0.05) is 25.7 Å². The predicted molar refractivity (Wildman–Crippen MR) is 133 cm³/mol. The highest BCUT2D eigenvalue weighted by Gasteiger charge is 2.54. The van der Waals surface area contributed by atoms with Gasteiger partial charge in [-0.3, -0.25) is 9.80 Å². The van der Waals surface area contributed by atoms with Gasteiger partial charge in [-0.15, -0.1) is 0 Å². The monoisotopic (exact) mass is 478 g/mol. The van der Waals surface area contributed by atoms with E-state index in [1.54, 1.807) is 0 Å². The van der Waals surface area contributed by atoms with E-state index in [-0.39, 0.29) is 29.3 Å². The molecule has 2 aliphatic rings. The Morgan fingerprint density at radius 3 is 1.59 bits per heavy atom. The number of hydrogen-bond donors (Lipinski definition) is 0. The summed E-state index contributed by atoms with van der Waals surface area (Å²) in [6.07, 6.45) is 8.47. The van der Waals surface area contributed by atoms with Crippen molar-refractivity contribution in [3.05, 3.63) is 0 Å². The number of likely N-dealkylation sites (tertiary alicyclic amines) is 2. The Labute approximate surface area is 208 Å². The number of hydrogen-bond acceptors (Lipinski definition) is 6.